The van der Waals surface area contributed by atoms with Crippen molar-refractivity contribution < 1.29 is 22.6 Å². The zero-order chi connectivity index (χ0) is 13.6. The molecule has 0 bridgehead atoms. The maximum absolute atomic E-state index is 11.9. The summed E-state index contributed by atoms with van der Waals surface area (Å²) in [5, 5.41) is 0. The van der Waals surface area contributed by atoms with Crippen LogP contribution in [-0.2, 0) is 0 Å². The van der Waals surface area contributed by atoms with Gasteiger partial charge in [0.25, 0.3) is 0 Å². The average Bonchev–Trinajstić information content (AvgIpc) is 2.24. The molecule has 18 heavy (non-hydrogen) atoms. The Labute approximate surface area is 104 Å². The Morgan fingerprint density at radius 3 is 2.11 bits per heavy atom. The molecule has 0 heterocycles. The standard InChI is InChI=1S/C12H16F3NO2/c1-16(2)8-3-9-17-10-4-6-11(7-5-10)18-12(13,14)15/h4-7H,3,8-9H2,1-2H3. The van der Waals surface area contributed by atoms with Crippen LogP contribution in [0.1, 0.15) is 6.42 Å². The van der Waals surface area contributed by atoms with E-state index in [1.165, 1.54) is 24.3 Å². The zero-order valence-electron chi connectivity index (χ0n) is 10.3. The molecule has 0 N–H and O–H groups in total. The first kappa shape index (κ1) is 14.6. The second-order valence-electron chi connectivity index (χ2n) is 4.02. The highest BCUT2D eigenvalue weighted by atomic mass is 19.4. The number of halogens is 3. The summed E-state index contributed by atoms with van der Waals surface area (Å²) in [6.45, 7) is 1.42. The van der Waals surface area contributed by atoms with Crippen molar-refractivity contribution in [2.24, 2.45) is 0 Å². The Bertz CT molecular complexity index is 349. The molecule has 1 rings (SSSR count). The summed E-state index contributed by atoms with van der Waals surface area (Å²) in [4.78, 5) is 2.03. The van der Waals surface area contributed by atoms with Crippen molar-refractivity contribution in [1.29, 1.82) is 0 Å². The maximum atomic E-state index is 11.9. The highest BCUT2D eigenvalue weighted by Crippen LogP contribution is 2.24. The second-order valence-corrected chi connectivity index (χ2v) is 4.02. The molecule has 102 valence electrons. The molecule has 0 aliphatic carbocycles. The van der Waals surface area contributed by atoms with Gasteiger partial charge in [-0.1, -0.05) is 0 Å². The summed E-state index contributed by atoms with van der Waals surface area (Å²) in [7, 11) is 3.92. The normalized spacial score (nSPS) is 11.7. The number of alkyl halides is 3. The van der Waals surface area contributed by atoms with Gasteiger partial charge in [0.15, 0.2) is 0 Å². The minimum absolute atomic E-state index is 0.247. The summed E-state index contributed by atoms with van der Waals surface area (Å²) in [5.74, 6) is 0.284. The van der Waals surface area contributed by atoms with Crippen molar-refractivity contribution in [3.8, 4) is 11.5 Å². The SMILES string of the molecule is CN(C)CCCOc1ccc(OC(F)(F)F)cc1. The van der Waals surface area contributed by atoms with Crippen LogP contribution in [0.25, 0.3) is 0 Å². The smallest absolute Gasteiger partial charge is 0.494 e. The fraction of sp³-hybridized carbons (Fsp3) is 0.500. The van der Waals surface area contributed by atoms with Crippen LogP contribution in [0, 0.1) is 0 Å². The number of rotatable bonds is 6. The van der Waals surface area contributed by atoms with Crippen LogP contribution in [-0.4, -0.2) is 38.5 Å². The van der Waals surface area contributed by atoms with Gasteiger partial charge in [0.1, 0.15) is 11.5 Å². The lowest BCUT2D eigenvalue weighted by molar-refractivity contribution is -0.274. The first-order chi connectivity index (χ1) is 8.37. The Morgan fingerprint density at radius 2 is 1.61 bits per heavy atom. The molecule has 0 unspecified atom stereocenters. The molecule has 0 aromatic heterocycles. The van der Waals surface area contributed by atoms with Gasteiger partial charge in [-0.3, -0.25) is 0 Å². The number of ether oxygens (including phenoxy) is 2. The molecule has 0 amide bonds. The number of hydrogen-bond donors (Lipinski definition) is 0. The quantitative estimate of drug-likeness (QED) is 0.737. The highest BCUT2D eigenvalue weighted by molar-refractivity contribution is 5.31. The van der Waals surface area contributed by atoms with Crippen LogP contribution in [0.5, 0.6) is 11.5 Å². The highest BCUT2D eigenvalue weighted by Gasteiger charge is 2.30. The minimum Gasteiger partial charge on any atom is -0.494 e. The van der Waals surface area contributed by atoms with Crippen LogP contribution >= 0.6 is 0 Å². The van der Waals surface area contributed by atoms with Gasteiger partial charge in [-0.15, -0.1) is 13.2 Å². The first-order valence-corrected chi connectivity index (χ1v) is 5.50. The number of nitrogens with zero attached hydrogens (tertiary/aromatic N) is 1. The molecule has 0 spiro atoms. The lowest BCUT2D eigenvalue weighted by Gasteiger charge is -2.11. The van der Waals surface area contributed by atoms with Gasteiger partial charge in [-0.25, -0.2) is 0 Å². The summed E-state index contributed by atoms with van der Waals surface area (Å²) >= 11 is 0. The van der Waals surface area contributed by atoms with Gasteiger partial charge in [0, 0.05) is 6.54 Å². The molecule has 0 saturated carbocycles. The first-order valence-electron chi connectivity index (χ1n) is 5.50. The lowest BCUT2D eigenvalue weighted by atomic mass is 10.3. The molecule has 0 aliphatic heterocycles. The second kappa shape index (κ2) is 6.49. The van der Waals surface area contributed by atoms with E-state index in [9.17, 15) is 13.2 Å². The van der Waals surface area contributed by atoms with Crippen molar-refractivity contribution >= 4 is 0 Å². The van der Waals surface area contributed by atoms with Crippen LogP contribution in [0.2, 0.25) is 0 Å². The number of benzene rings is 1. The van der Waals surface area contributed by atoms with E-state index in [0.717, 1.165) is 13.0 Å². The van der Waals surface area contributed by atoms with E-state index in [4.69, 9.17) is 4.74 Å². The molecule has 0 atom stereocenters. The maximum Gasteiger partial charge on any atom is 0.573 e. The van der Waals surface area contributed by atoms with Gasteiger partial charge in [-0.2, -0.15) is 0 Å². The van der Waals surface area contributed by atoms with Crippen LogP contribution in [0.15, 0.2) is 24.3 Å². The van der Waals surface area contributed by atoms with Gasteiger partial charge in [0.2, 0.25) is 0 Å². The predicted octanol–water partition coefficient (Wildman–Crippen LogP) is 2.92. The van der Waals surface area contributed by atoms with E-state index >= 15 is 0 Å². The Hall–Kier alpha value is -1.43. The monoisotopic (exact) mass is 263 g/mol. The van der Waals surface area contributed by atoms with Gasteiger partial charge < -0.3 is 14.4 Å². The van der Waals surface area contributed by atoms with Crippen molar-refractivity contribution in [2.75, 3.05) is 27.2 Å². The fourth-order valence-corrected chi connectivity index (χ4v) is 1.31. The van der Waals surface area contributed by atoms with E-state index in [-0.39, 0.29) is 5.75 Å². The van der Waals surface area contributed by atoms with Crippen LogP contribution < -0.4 is 9.47 Å². The Balaban J connectivity index is 2.36. The molecule has 0 fully saturated rings. The van der Waals surface area contributed by atoms with Gasteiger partial charge >= 0.3 is 6.36 Å². The molecular weight excluding hydrogens is 247 g/mol. The largest absolute Gasteiger partial charge is 0.573 e. The summed E-state index contributed by atoms with van der Waals surface area (Å²) in [5.41, 5.74) is 0. The van der Waals surface area contributed by atoms with E-state index in [1.54, 1.807) is 0 Å². The average molecular weight is 263 g/mol. The molecule has 0 radical (unpaired) electrons. The molecule has 1 aromatic carbocycles. The lowest BCUT2D eigenvalue weighted by Crippen LogP contribution is -2.17. The minimum atomic E-state index is -4.66. The van der Waals surface area contributed by atoms with Crippen molar-refractivity contribution in [2.45, 2.75) is 12.8 Å². The van der Waals surface area contributed by atoms with Crippen molar-refractivity contribution in [3.05, 3.63) is 24.3 Å². The van der Waals surface area contributed by atoms with Crippen LogP contribution in [0.4, 0.5) is 13.2 Å². The third-order valence-corrected chi connectivity index (χ3v) is 2.08. The Morgan fingerprint density at radius 1 is 1.06 bits per heavy atom. The van der Waals surface area contributed by atoms with Crippen molar-refractivity contribution in [3.63, 3.8) is 0 Å². The third kappa shape index (κ3) is 6.34. The van der Waals surface area contributed by atoms with Crippen LogP contribution in [0.3, 0.4) is 0 Å². The Kier molecular flexibility index (Phi) is 5.27. The molecule has 0 saturated heterocycles. The van der Waals surface area contributed by atoms with E-state index in [2.05, 4.69) is 4.74 Å². The van der Waals surface area contributed by atoms with Crippen molar-refractivity contribution in [1.82, 2.24) is 4.90 Å². The summed E-state index contributed by atoms with van der Waals surface area (Å²) in [6, 6.07) is 5.37. The fourth-order valence-electron chi connectivity index (χ4n) is 1.31. The van der Waals surface area contributed by atoms with Gasteiger partial charge in [0.05, 0.1) is 6.61 Å². The van der Waals surface area contributed by atoms with E-state index < -0.39 is 6.36 Å². The topological polar surface area (TPSA) is 21.7 Å². The third-order valence-electron chi connectivity index (χ3n) is 2.08. The summed E-state index contributed by atoms with van der Waals surface area (Å²) < 4.78 is 44.9. The zero-order valence-corrected chi connectivity index (χ0v) is 10.3. The molecule has 3 nitrogen and oxygen atoms in total. The molecule has 1 aromatic rings. The predicted molar refractivity (Wildman–Crippen MR) is 61.8 cm³/mol. The molecule has 0 aliphatic rings. The van der Waals surface area contributed by atoms with Gasteiger partial charge in [-0.05, 0) is 44.8 Å². The molecular formula is C12H16F3NO2. The number of hydrogen-bond acceptors (Lipinski definition) is 3. The van der Waals surface area contributed by atoms with E-state index in [0.29, 0.717) is 12.4 Å². The molecule has 6 heteroatoms. The summed E-state index contributed by atoms with van der Waals surface area (Å²) in [6.07, 6.45) is -3.80. The van der Waals surface area contributed by atoms with E-state index in [1.807, 2.05) is 19.0 Å².